The van der Waals surface area contributed by atoms with Gasteiger partial charge in [0.15, 0.2) is 5.82 Å². The summed E-state index contributed by atoms with van der Waals surface area (Å²) in [4.78, 5) is 8.58. The second-order valence-electron chi connectivity index (χ2n) is 7.33. The molecule has 2 aromatic heterocycles. The number of hydrogen-bond acceptors (Lipinski definition) is 4. The Morgan fingerprint density at radius 1 is 1.07 bits per heavy atom. The number of anilines is 1. The first-order valence-corrected chi connectivity index (χ1v) is 11.2. The zero-order valence-corrected chi connectivity index (χ0v) is 19.1. The van der Waals surface area contributed by atoms with Crippen LogP contribution in [-0.4, -0.2) is 23.0 Å². The smallest absolute Gasteiger partial charge is 0.262 e. The maximum absolute atomic E-state index is 12.9. The lowest BCUT2D eigenvalue weighted by Crippen LogP contribution is -2.16. The van der Waals surface area contributed by atoms with E-state index in [2.05, 4.69) is 35.5 Å². The summed E-state index contributed by atoms with van der Waals surface area (Å²) in [6.07, 6.45) is 4.79. The van der Waals surface area contributed by atoms with Crippen molar-refractivity contribution in [3.05, 3.63) is 65.3 Å². The molecule has 0 spiro atoms. The van der Waals surface area contributed by atoms with Gasteiger partial charge in [-0.05, 0) is 36.1 Å². The van der Waals surface area contributed by atoms with E-state index in [1.807, 2.05) is 32.9 Å². The summed E-state index contributed by atoms with van der Waals surface area (Å²) in [6.45, 7) is 12.1. The van der Waals surface area contributed by atoms with Crippen LogP contribution >= 0.6 is 11.6 Å². The van der Waals surface area contributed by atoms with Crippen LogP contribution in [0.5, 0.6) is 0 Å². The second-order valence-corrected chi connectivity index (χ2v) is 9.45. The van der Waals surface area contributed by atoms with Gasteiger partial charge in [-0.2, -0.15) is 0 Å². The van der Waals surface area contributed by atoms with Crippen molar-refractivity contribution in [3.8, 4) is 5.82 Å². The van der Waals surface area contributed by atoms with Gasteiger partial charge in [-0.25, -0.2) is 18.4 Å². The monoisotopic (exact) mass is 434 g/mol. The van der Waals surface area contributed by atoms with E-state index in [-0.39, 0.29) is 16.0 Å². The lowest BCUT2D eigenvalue weighted by molar-refractivity contribution is 0.587. The lowest BCUT2D eigenvalue weighted by atomic mass is 9.87. The van der Waals surface area contributed by atoms with Crippen LogP contribution in [0, 0.1) is 6.92 Å². The highest BCUT2D eigenvalue weighted by Crippen LogP contribution is 2.27. The van der Waals surface area contributed by atoms with E-state index >= 15 is 0 Å². The first kappa shape index (κ1) is 22.9. The standard InChI is InChI=1S/C19H21ClN4O2S.C2H6/c1-13-11-24(12-22-13)18-17(9-15(20)10-21-18)23-27(25,26)16-7-5-14(6-8-16)19(2,3)4;1-2/h5-12,23H,1-4H3;1-2H3. The summed E-state index contributed by atoms with van der Waals surface area (Å²) in [5.74, 6) is 0.398. The molecule has 6 nitrogen and oxygen atoms in total. The molecule has 0 atom stereocenters. The van der Waals surface area contributed by atoms with Crippen molar-refractivity contribution in [2.24, 2.45) is 0 Å². The Balaban J connectivity index is 0.00000145. The number of rotatable bonds is 4. The number of nitrogens with one attached hydrogen (secondary N) is 1. The van der Waals surface area contributed by atoms with Gasteiger partial charge in [0.05, 0.1) is 21.3 Å². The highest BCUT2D eigenvalue weighted by Gasteiger charge is 2.20. The van der Waals surface area contributed by atoms with Gasteiger partial charge in [0.25, 0.3) is 10.0 Å². The predicted octanol–water partition coefficient (Wildman–Crippen LogP) is 5.35. The molecule has 0 aliphatic rings. The minimum Gasteiger partial charge on any atom is -0.288 e. The van der Waals surface area contributed by atoms with Crippen LogP contribution in [0.25, 0.3) is 5.82 Å². The lowest BCUT2D eigenvalue weighted by Gasteiger charge is -2.19. The minimum absolute atomic E-state index is 0.0565. The van der Waals surface area contributed by atoms with Crippen molar-refractivity contribution in [1.29, 1.82) is 0 Å². The topological polar surface area (TPSA) is 76.9 Å². The van der Waals surface area contributed by atoms with E-state index in [9.17, 15) is 8.42 Å². The highest BCUT2D eigenvalue weighted by atomic mass is 35.5. The number of halogens is 1. The van der Waals surface area contributed by atoms with E-state index in [4.69, 9.17) is 11.6 Å². The number of aryl methyl sites for hydroxylation is 1. The van der Waals surface area contributed by atoms with Crippen molar-refractivity contribution < 1.29 is 8.42 Å². The van der Waals surface area contributed by atoms with Crippen LogP contribution in [0.1, 0.15) is 45.9 Å². The maximum Gasteiger partial charge on any atom is 0.262 e. The average molecular weight is 435 g/mol. The first-order valence-electron chi connectivity index (χ1n) is 9.36. The molecule has 0 saturated carbocycles. The highest BCUT2D eigenvalue weighted by molar-refractivity contribution is 7.92. The van der Waals surface area contributed by atoms with Gasteiger partial charge in [-0.3, -0.25) is 9.29 Å². The van der Waals surface area contributed by atoms with Crippen LogP contribution in [0.15, 0.2) is 53.9 Å². The molecule has 1 N–H and O–H groups in total. The third-order valence-corrected chi connectivity index (χ3v) is 5.65. The van der Waals surface area contributed by atoms with Crippen molar-refractivity contribution >= 4 is 27.3 Å². The summed E-state index contributed by atoms with van der Waals surface area (Å²) in [5, 5.41) is 0.330. The molecule has 0 saturated heterocycles. The van der Waals surface area contributed by atoms with E-state index < -0.39 is 10.0 Å². The van der Waals surface area contributed by atoms with Gasteiger partial charge < -0.3 is 0 Å². The molecule has 0 aliphatic heterocycles. The Labute approximate surface area is 178 Å². The fourth-order valence-electron chi connectivity index (χ4n) is 2.59. The molecule has 8 heteroatoms. The molecule has 29 heavy (non-hydrogen) atoms. The molecule has 3 rings (SSSR count). The molecule has 2 heterocycles. The van der Waals surface area contributed by atoms with E-state index in [0.29, 0.717) is 10.8 Å². The molecule has 0 aliphatic carbocycles. The van der Waals surface area contributed by atoms with Crippen molar-refractivity contribution in [2.75, 3.05) is 4.72 Å². The summed E-state index contributed by atoms with van der Waals surface area (Å²) < 4.78 is 29.9. The summed E-state index contributed by atoms with van der Waals surface area (Å²) in [6, 6.07) is 8.37. The van der Waals surface area contributed by atoms with E-state index in [0.717, 1.165) is 11.3 Å². The zero-order chi connectivity index (χ0) is 21.8. The van der Waals surface area contributed by atoms with Gasteiger partial charge in [-0.15, -0.1) is 0 Å². The molecule has 0 bridgehead atoms. The molecule has 3 aromatic rings. The normalized spacial score (nSPS) is 11.6. The first-order chi connectivity index (χ1) is 13.6. The molecule has 156 valence electrons. The Morgan fingerprint density at radius 2 is 1.69 bits per heavy atom. The molecule has 0 amide bonds. The Bertz CT molecular complexity index is 1070. The molecule has 0 radical (unpaired) electrons. The Kier molecular flexibility index (Phi) is 7.08. The Morgan fingerprint density at radius 3 is 2.21 bits per heavy atom. The fourth-order valence-corrected chi connectivity index (χ4v) is 3.80. The maximum atomic E-state index is 12.9. The van der Waals surface area contributed by atoms with Gasteiger partial charge in [0, 0.05) is 12.4 Å². The summed E-state index contributed by atoms with van der Waals surface area (Å²) in [5.41, 5.74) is 2.07. The van der Waals surface area contributed by atoms with E-state index in [1.165, 1.54) is 12.3 Å². The van der Waals surface area contributed by atoms with Crippen LogP contribution in [0.3, 0.4) is 0 Å². The number of pyridine rings is 1. The minimum atomic E-state index is -3.80. The number of imidazole rings is 1. The number of nitrogens with zero attached hydrogens (tertiary/aromatic N) is 3. The Hall–Kier alpha value is -2.38. The zero-order valence-electron chi connectivity index (χ0n) is 17.6. The fraction of sp³-hybridized carbons (Fsp3) is 0.333. The quantitative estimate of drug-likeness (QED) is 0.600. The predicted molar refractivity (Wildman–Crippen MR) is 118 cm³/mol. The summed E-state index contributed by atoms with van der Waals surface area (Å²) in [7, 11) is -3.80. The van der Waals surface area contributed by atoms with Gasteiger partial charge in [0.1, 0.15) is 6.33 Å². The molecule has 0 fully saturated rings. The summed E-state index contributed by atoms with van der Waals surface area (Å²) >= 11 is 6.03. The molecular weight excluding hydrogens is 408 g/mol. The average Bonchev–Trinajstić information content (AvgIpc) is 3.09. The van der Waals surface area contributed by atoms with E-state index in [1.54, 1.807) is 29.2 Å². The van der Waals surface area contributed by atoms with Crippen molar-refractivity contribution in [1.82, 2.24) is 14.5 Å². The van der Waals surface area contributed by atoms with Crippen LogP contribution in [-0.2, 0) is 15.4 Å². The van der Waals surface area contributed by atoms with Gasteiger partial charge >= 0.3 is 0 Å². The molecule has 1 aromatic carbocycles. The third-order valence-electron chi connectivity index (χ3n) is 4.06. The van der Waals surface area contributed by atoms with Gasteiger partial charge in [-0.1, -0.05) is 58.4 Å². The number of benzene rings is 1. The van der Waals surface area contributed by atoms with Crippen LogP contribution in [0.2, 0.25) is 5.02 Å². The number of aromatic nitrogens is 3. The number of sulfonamides is 1. The van der Waals surface area contributed by atoms with Crippen molar-refractivity contribution in [3.63, 3.8) is 0 Å². The van der Waals surface area contributed by atoms with Crippen molar-refractivity contribution in [2.45, 2.75) is 51.9 Å². The molecular formula is C21H27ClN4O2S. The third kappa shape index (κ3) is 5.58. The van der Waals surface area contributed by atoms with Gasteiger partial charge in [0.2, 0.25) is 0 Å². The van der Waals surface area contributed by atoms with Crippen LogP contribution < -0.4 is 4.72 Å². The largest absolute Gasteiger partial charge is 0.288 e. The molecule has 0 unspecified atom stereocenters. The van der Waals surface area contributed by atoms with Crippen LogP contribution in [0.4, 0.5) is 5.69 Å². The number of hydrogen-bond donors (Lipinski definition) is 1. The SMILES string of the molecule is CC.Cc1cn(-c2ncc(Cl)cc2NS(=O)(=O)c2ccc(C(C)(C)C)cc2)cn1. The second kappa shape index (κ2) is 8.97.